The molecular weight excluding hydrogens is 784 g/mol. The highest BCUT2D eigenvalue weighted by atomic mass is 35.5. The molecular formula is C39H41ClN4O10S2. The van der Waals surface area contributed by atoms with Crippen molar-refractivity contribution in [2.75, 3.05) is 26.2 Å². The van der Waals surface area contributed by atoms with Gasteiger partial charge in [0.15, 0.2) is 5.78 Å². The number of Topliss-reactive ketones (excluding diaryl/α,β-unsaturated/α-hetero) is 1. The van der Waals surface area contributed by atoms with Gasteiger partial charge < -0.3 is 4.74 Å². The van der Waals surface area contributed by atoms with E-state index in [1.165, 1.54) is 68.1 Å². The van der Waals surface area contributed by atoms with Crippen molar-refractivity contribution < 1.29 is 46.4 Å². The van der Waals surface area contributed by atoms with Gasteiger partial charge in [-0.3, -0.25) is 24.8 Å². The number of rotatable bonds is 13. The molecule has 0 radical (unpaired) electrons. The highest BCUT2D eigenvalue weighted by Gasteiger charge is 2.44. The molecule has 2 fully saturated rings. The van der Waals surface area contributed by atoms with Gasteiger partial charge in [0.25, 0.3) is 11.8 Å². The van der Waals surface area contributed by atoms with Crippen molar-refractivity contribution in [2.45, 2.75) is 53.4 Å². The summed E-state index contributed by atoms with van der Waals surface area (Å²) in [6.07, 6.45) is 0.852. The number of nitrogens with one attached hydrogen (secondary N) is 2. The van der Waals surface area contributed by atoms with Crippen molar-refractivity contribution in [1.82, 2.24) is 19.6 Å². The first-order chi connectivity index (χ1) is 26.9. The van der Waals surface area contributed by atoms with Gasteiger partial charge >= 0.3 is 0 Å². The third-order valence-electron chi connectivity index (χ3n) is 10.3. The molecule has 2 unspecified atom stereocenters. The smallest absolute Gasteiger partial charge is 0.252 e. The number of halogens is 1. The first-order valence-electron chi connectivity index (χ1n) is 17.9. The normalized spacial score (nSPS) is 17.4. The molecule has 14 nitrogen and oxygen atoms in total. The number of sulfonamides is 2. The maximum Gasteiger partial charge on any atom is 0.252 e. The fraction of sp³-hybridized carbons (Fsp3) is 0.308. The fourth-order valence-electron chi connectivity index (χ4n) is 7.40. The molecule has 4 aromatic carbocycles. The molecule has 17 heteroatoms. The first-order valence-corrected chi connectivity index (χ1v) is 21.2. The first kappa shape index (κ1) is 41.0. The summed E-state index contributed by atoms with van der Waals surface area (Å²) < 4.78 is 65.8. The second kappa shape index (κ2) is 17.6. The molecule has 0 aliphatic carbocycles. The monoisotopic (exact) mass is 824 g/mol. The van der Waals surface area contributed by atoms with Crippen LogP contribution in [-0.2, 0) is 29.6 Å². The number of carbonyl (C=O) groups excluding carboxylic acids is 3. The minimum Gasteiger partial charge on any atom is -0.490 e. The number of ether oxygens (including phenoxy) is 1. The van der Waals surface area contributed by atoms with Gasteiger partial charge in [0, 0.05) is 42.7 Å². The SMILES string of the molecule is O=C(c1ccccc1)C1CCN(S(=O)(=O)c2ccccc2C(C(=O)NO)C(C(=O)NO)c2ccccc2S(=O)(=O)N2CCC(Oc3ccc(Cl)cc3)CC2)CC1. The molecule has 0 saturated carbocycles. The fourth-order valence-corrected chi connectivity index (χ4v) is 11.0. The molecule has 2 aliphatic heterocycles. The van der Waals surface area contributed by atoms with Gasteiger partial charge in [-0.2, -0.15) is 8.61 Å². The molecule has 0 bridgehead atoms. The number of hydrogen-bond acceptors (Lipinski definition) is 10. The summed E-state index contributed by atoms with van der Waals surface area (Å²) in [5.41, 5.74) is 3.09. The van der Waals surface area contributed by atoms with E-state index in [-0.39, 0.29) is 71.8 Å². The van der Waals surface area contributed by atoms with Crippen molar-refractivity contribution in [2.24, 2.45) is 5.92 Å². The third-order valence-corrected chi connectivity index (χ3v) is 14.5. The molecule has 4 aromatic rings. The second-order valence-electron chi connectivity index (χ2n) is 13.6. The number of carbonyl (C=O) groups is 3. The summed E-state index contributed by atoms with van der Waals surface area (Å²) in [4.78, 5) is 39.7. The predicted octanol–water partition coefficient (Wildman–Crippen LogP) is 4.73. The highest BCUT2D eigenvalue weighted by Crippen LogP contribution is 2.41. The second-order valence-corrected chi connectivity index (χ2v) is 17.8. The van der Waals surface area contributed by atoms with Crippen molar-refractivity contribution in [1.29, 1.82) is 0 Å². The van der Waals surface area contributed by atoms with Crippen molar-refractivity contribution in [3.8, 4) is 5.75 Å². The van der Waals surface area contributed by atoms with E-state index < -0.39 is 49.6 Å². The average molecular weight is 825 g/mol. The lowest BCUT2D eigenvalue weighted by molar-refractivity contribution is -0.138. The van der Waals surface area contributed by atoms with Gasteiger partial charge in [-0.1, -0.05) is 78.3 Å². The zero-order valence-electron chi connectivity index (χ0n) is 30.0. The Hall–Kier alpha value is -4.68. The van der Waals surface area contributed by atoms with Gasteiger partial charge in [-0.15, -0.1) is 0 Å². The van der Waals surface area contributed by atoms with Crippen LogP contribution in [0.1, 0.15) is 59.0 Å². The predicted molar refractivity (Wildman–Crippen MR) is 204 cm³/mol. The zero-order valence-corrected chi connectivity index (χ0v) is 32.4. The van der Waals surface area contributed by atoms with Crippen molar-refractivity contribution >= 4 is 49.2 Å². The lowest BCUT2D eigenvalue weighted by Gasteiger charge is -2.34. The maximum absolute atomic E-state index is 14.3. The lowest BCUT2D eigenvalue weighted by Crippen LogP contribution is -2.43. The molecule has 6 rings (SSSR count). The van der Waals surface area contributed by atoms with Gasteiger partial charge in [0.05, 0.1) is 21.6 Å². The Kier molecular flexibility index (Phi) is 12.9. The van der Waals surface area contributed by atoms with Crippen molar-refractivity contribution in [3.63, 3.8) is 0 Å². The number of nitrogens with zero attached hydrogens (tertiary/aromatic N) is 2. The van der Waals surface area contributed by atoms with Crippen LogP contribution in [0.15, 0.2) is 113 Å². The largest absolute Gasteiger partial charge is 0.490 e. The summed E-state index contributed by atoms with van der Waals surface area (Å²) in [6.45, 7) is 0.0851. The van der Waals surface area contributed by atoms with E-state index >= 15 is 0 Å². The Morgan fingerprint density at radius 2 is 1.05 bits per heavy atom. The Balaban J connectivity index is 1.30. The quantitative estimate of drug-likeness (QED) is 0.0830. The molecule has 0 spiro atoms. The summed E-state index contributed by atoms with van der Waals surface area (Å²) in [5, 5.41) is 20.5. The molecule has 0 aromatic heterocycles. The minimum atomic E-state index is -4.41. The van der Waals surface area contributed by atoms with Crippen LogP contribution in [0.5, 0.6) is 5.75 Å². The number of amides is 2. The topological polar surface area (TPSA) is 200 Å². The number of hydroxylamine groups is 2. The van der Waals surface area contributed by atoms with Crippen LogP contribution < -0.4 is 15.7 Å². The van der Waals surface area contributed by atoms with Crippen LogP contribution in [0.3, 0.4) is 0 Å². The molecule has 2 heterocycles. The van der Waals surface area contributed by atoms with E-state index in [0.29, 0.717) is 29.2 Å². The molecule has 2 aliphatic rings. The molecule has 4 N–H and O–H groups in total. The minimum absolute atomic E-state index is 0.0141. The van der Waals surface area contributed by atoms with Gasteiger partial charge in [-0.25, -0.2) is 27.8 Å². The number of benzene rings is 4. The number of ketones is 1. The summed E-state index contributed by atoms with van der Waals surface area (Å²) >= 11 is 5.97. The van der Waals surface area contributed by atoms with Gasteiger partial charge in [-0.05, 0) is 73.2 Å². The summed E-state index contributed by atoms with van der Waals surface area (Å²) in [5.74, 6) is -6.13. The Labute approximate surface area is 330 Å². The van der Waals surface area contributed by atoms with E-state index in [2.05, 4.69) is 0 Å². The number of piperidine rings is 2. The summed E-state index contributed by atoms with van der Waals surface area (Å²) in [6, 6.07) is 26.3. The van der Waals surface area contributed by atoms with E-state index in [0.717, 1.165) is 0 Å². The van der Waals surface area contributed by atoms with E-state index in [1.54, 1.807) is 54.6 Å². The third kappa shape index (κ3) is 8.66. The van der Waals surface area contributed by atoms with Crippen LogP contribution >= 0.6 is 11.6 Å². The van der Waals surface area contributed by atoms with Crippen LogP contribution in [0.2, 0.25) is 5.02 Å². The molecule has 2 atom stereocenters. The van der Waals surface area contributed by atoms with Crippen molar-refractivity contribution in [3.05, 3.63) is 125 Å². The number of hydrogen-bond donors (Lipinski definition) is 4. The molecule has 56 heavy (non-hydrogen) atoms. The zero-order chi connectivity index (χ0) is 40.0. The average Bonchev–Trinajstić information content (AvgIpc) is 3.23. The lowest BCUT2D eigenvalue weighted by atomic mass is 9.80. The standard InChI is InChI=1S/C39H41ClN4O10S2/c40-28-14-16-29(17-15-28)54-30-20-24-44(25-21-30)56(52,53)34-13-7-5-11-32(34)36(39(47)42-49)35(38(46)41-48)31-10-4-6-12-33(31)55(50,51)43-22-18-27(19-23-43)37(45)26-8-2-1-3-9-26/h1-17,27,30,35-36,48-49H,18-25H2,(H,41,46)(H,42,47). The Morgan fingerprint density at radius 3 is 1.52 bits per heavy atom. The van der Waals surface area contributed by atoms with E-state index in [1.807, 2.05) is 0 Å². The van der Waals surface area contributed by atoms with Crippen LogP contribution in [-0.4, -0.2) is 85.7 Å². The van der Waals surface area contributed by atoms with E-state index in [9.17, 15) is 41.6 Å². The van der Waals surface area contributed by atoms with Crippen LogP contribution in [0.25, 0.3) is 0 Å². The summed E-state index contributed by atoms with van der Waals surface area (Å²) in [7, 11) is -8.77. The Bertz CT molecular complexity index is 2260. The van der Waals surface area contributed by atoms with E-state index in [4.69, 9.17) is 16.3 Å². The van der Waals surface area contributed by atoms with Crippen LogP contribution in [0, 0.1) is 5.92 Å². The highest BCUT2D eigenvalue weighted by molar-refractivity contribution is 7.89. The molecule has 2 saturated heterocycles. The molecule has 2 amide bonds. The maximum atomic E-state index is 14.3. The Morgan fingerprint density at radius 1 is 0.625 bits per heavy atom. The van der Waals surface area contributed by atoms with Crippen LogP contribution in [0.4, 0.5) is 0 Å². The van der Waals surface area contributed by atoms with Gasteiger partial charge in [0.2, 0.25) is 20.0 Å². The molecule has 296 valence electrons. The van der Waals surface area contributed by atoms with Gasteiger partial charge in [0.1, 0.15) is 11.9 Å².